The van der Waals surface area contributed by atoms with E-state index in [9.17, 15) is 0 Å². The Bertz CT molecular complexity index is 1100. The van der Waals surface area contributed by atoms with Gasteiger partial charge in [-0.2, -0.15) is 0 Å². The van der Waals surface area contributed by atoms with E-state index in [2.05, 4.69) is 38.5 Å². The third-order valence-electron chi connectivity index (χ3n) is 6.77. The summed E-state index contributed by atoms with van der Waals surface area (Å²) in [5.41, 5.74) is 3.25. The lowest BCUT2D eigenvalue weighted by Crippen LogP contribution is -2.44. The van der Waals surface area contributed by atoms with E-state index in [1.807, 2.05) is 24.7 Å². The van der Waals surface area contributed by atoms with Gasteiger partial charge in [0.25, 0.3) is 0 Å². The molecule has 160 valence electrons. The molecule has 2 saturated carbocycles. The van der Waals surface area contributed by atoms with Crippen LogP contribution in [0.2, 0.25) is 0 Å². The standard InChI is InChI=1S/C24H29N7/c1-15(16-2-3-16)28-21-12-18(6-7-27-21)23-29-20-14-26-13-19(17-4-5-17)22(20)24(30-23)31-10-8-25-9-11-31/h6-7,12-17,25H,2-5,8-11H2,1H3,(H,27,28). The van der Waals surface area contributed by atoms with Crippen LogP contribution >= 0.6 is 0 Å². The fourth-order valence-corrected chi connectivity index (χ4v) is 4.62. The lowest BCUT2D eigenvalue weighted by atomic mass is 10.1. The number of aromatic nitrogens is 4. The van der Waals surface area contributed by atoms with Crippen LogP contribution in [-0.4, -0.2) is 52.2 Å². The molecule has 7 nitrogen and oxygen atoms in total. The second-order valence-corrected chi connectivity index (χ2v) is 9.21. The smallest absolute Gasteiger partial charge is 0.162 e. The largest absolute Gasteiger partial charge is 0.367 e. The lowest BCUT2D eigenvalue weighted by Gasteiger charge is -2.30. The number of pyridine rings is 2. The van der Waals surface area contributed by atoms with Gasteiger partial charge in [-0.1, -0.05) is 0 Å². The van der Waals surface area contributed by atoms with E-state index < -0.39 is 0 Å². The predicted molar refractivity (Wildman–Crippen MR) is 123 cm³/mol. The first-order valence-corrected chi connectivity index (χ1v) is 11.6. The third-order valence-corrected chi connectivity index (χ3v) is 6.77. The number of rotatable bonds is 6. The summed E-state index contributed by atoms with van der Waals surface area (Å²) in [7, 11) is 0. The molecular formula is C24H29N7. The van der Waals surface area contributed by atoms with Crippen LogP contribution in [0.1, 0.15) is 44.1 Å². The SMILES string of the molecule is CC(Nc1cc(-c2nc(N3CCNCC3)c3c(C4CC4)cncc3n2)ccn1)C1CC1. The molecular weight excluding hydrogens is 386 g/mol. The molecule has 3 aromatic rings. The van der Waals surface area contributed by atoms with Crippen molar-refractivity contribution in [2.75, 3.05) is 36.4 Å². The number of nitrogens with one attached hydrogen (secondary N) is 2. The van der Waals surface area contributed by atoms with Gasteiger partial charge in [0.2, 0.25) is 0 Å². The maximum absolute atomic E-state index is 5.14. The summed E-state index contributed by atoms with van der Waals surface area (Å²) in [5, 5.41) is 8.21. The van der Waals surface area contributed by atoms with Crippen LogP contribution in [0.15, 0.2) is 30.7 Å². The zero-order valence-corrected chi connectivity index (χ0v) is 18.0. The van der Waals surface area contributed by atoms with Crippen LogP contribution in [-0.2, 0) is 0 Å². The molecule has 2 N–H and O–H groups in total. The zero-order chi connectivity index (χ0) is 20.8. The molecule has 1 unspecified atom stereocenters. The van der Waals surface area contributed by atoms with Gasteiger partial charge in [0, 0.05) is 55.6 Å². The van der Waals surface area contributed by atoms with E-state index in [0.717, 1.165) is 60.6 Å². The molecule has 3 aliphatic rings. The number of fused-ring (bicyclic) bond motifs is 1. The summed E-state index contributed by atoms with van der Waals surface area (Å²) < 4.78 is 0. The predicted octanol–water partition coefficient (Wildman–Crippen LogP) is 3.58. The summed E-state index contributed by atoms with van der Waals surface area (Å²) >= 11 is 0. The first-order chi connectivity index (χ1) is 15.3. The minimum atomic E-state index is 0.446. The van der Waals surface area contributed by atoms with Gasteiger partial charge in [-0.15, -0.1) is 0 Å². The molecule has 7 heteroatoms. The van der Waals surface area contributed by atoms with Crippen molar-refractivity contribution < 1.29 is 0 Å². The van der Waals surface area contributed by atoms with Crippen molar-refractivity contribution >= 4 is 22.5 Å². The minimum absolute atomic E-state index is 0.446. The topological polar surface area (TPSA) is 78.9 Å². The van der Waals surface area contributed by atoms with E-state index in [1.165, 1.54) is 36.6 Å². The summed E-state index contributed by atoms with van der Waals surface area (Å²) in [6.07, 6.45) is 10.9. The monoisotopic (exact) mass is 415 g/mol. The van der Waals surface area contributed by atoms with Gasteiger partial charge in [0.1, 0.15) is 11.6 Å². The van der Waals surface area contributed by atoms with Crippen molar-refractivity contribution in [1.29, 1.82) is 0 Å². The van der Waals surface area contributed by atoms with Crippen molar-refractivity contribution in [1.82, 2.24) is 25.3 Å². The van der Waals surface area contributed by atoms with E-state index >= 15 is 0 Å². The van der Waals surface area contributed by atoms with Crippen LogP contribution in [0.4, 0.5) is 11.6 Å². The van der Waals surface area contributed by atoms with Crippen LogP contribution in [0, 0.1) is 5.92 Å². The quantitative estimate of drug-likeness (QED) is 0.637. The lowest BCUT2D eigenvalue weighted by molar-refractivity contribution is 0.586. The fourth-order valence-electron chi connectivity index (χ4n) is 4.62. The second-order valence-electron chi connectivity index (χ2n) is 9.21. The Morgan fingerprint density at radius 1 is 1.10 bits per heavy atom. The van der Waals surface area contributed by atoms with E-state index in [1.54, 1.807) is 0 Å². The summed E-state index contributed by atoms with van der Waals surface area (Å²) in [5.74, 6) is 4.08. The van der Waals surface area contributed by atoms with Crippen molar-refractivity contribution in [3.8, 4) is 11.4 Å². The van der Waals surface area contributed by atoms with E-state index in [0.29, 0.717) is 12.0 Å². The van der Waals surface area contributed by atoms with Gasteiger partial charge in [-0.3, -0.25) is 4.98 Å². The number of nitrogens with zero attached hydrogens (tertiary/aromatic N) is 5. The molecule has 6 rings (SSSR count). The van der Waals surface area contributed by atoms with Crippen molar-refractivity contribution in [3.63, 3.8) is 0 Å². The Hall–Kier alpha value is -2.80. The number of hydrogen-bond acceptors (Lipinski definition) is 7. The van der Waals surface area contributed by atoms with Crippen LogP contribution < -0.4 is 15.5 Å². The number of piperazine rings is 1. The van der Waals surface area contributed by atoms with Gasteiger partial charge >= 0.3 is 0 Å². The van der Waals surface area contributed by atoms with E-state index in [4.69, 9.17) is 9.97 Å². The molecule has 0 bridgehead atoms. The summed E-state index contributed by atoms with van der Waals surface area (Å²) in [6.45, 7) is 6.12. The van der Waals surface area contributed by atoms with Crippen molar-refractivity contribution in [2.45, 2.75) is 44.6 Å². The Labute approximate surface area is 182 Å². The molecule has 0 spiro atoms. The molecule has 0 amide bonds. The van der Waals surface area contributed by atoms with E-state index in [-0.39, 0.29) is 0 Å². The number of anilines is 2. The molecule has 0 aromatic carbocycles. The fraction of sp³-hybridized carbons (Fsp3) is 0.500. The second kappa shape index (κ2) is 7.71. The molecule has 2 aliphatic carbocycles. The van der Waals surface area contributed by atoms with Crippen LogP contribution in [0.3, 0.4) is 0 Å². The van der Waals surface area contributed by atoms with Gasteiger partial charge in [0.05, 0.1) is 11.7 Å². The normalized spacial score (nSPS) is 20.1. The molecule has 3 fully saturated rings. The highest BCUT2D eigenvalue weighted by Gasteiger charge is 2.30. The molecule has 1 atom stereocenters. The third kappa shape index (κ3) is 3.82. The molecule has 4 heterocycles. The molecule has 0 radical (unpaired) electrons. The number of hydrogen-bond donors (Lipinski definition) is 2. The Balaban J connectivity index is 1.43. The summed E-state index contributed by atoms with van der Waals surface area (Å²) in [6, 6.07) is 4.54. The van der Waals surface area contributed by atoms with Crippen LogP contribution in [0.25, 0.3) is 22.3 Å². The van der Waals surface area contributed by atoms with Gasteiger partial charge in [-0.25, -0.2) is 15.0 Å². The molecule has 3 aromatic heterocycles. The highest BCUT2D eigenvalue weighted by atomic mass is 15.2. The maximum atomic E-state index is 5.14. The van der Waals surface area contributed by atoms with Crippen LogP contribution in [0.5, 0.6) is 0 Å². The van der Waals surface area contributed by atoms with Gasteiger partial charge in [0.15, 0.2) is 5.82 Å². The maximum Gasteiger partial charge on any atom is 0.162 e. The Morgan fingerprint density at radius 2 is 1.94 bits per heavy atom. The van der Waals surface area contributed by atoms with Gasteiger partial charge in [-0.05, 0) is 62.1 Å². The first-order valence-electron chi connectivity index (χ1n) is 11.6. The zero-order valence-electron chi connectivity index (χ0n) is 18.0. The molecule has 31 heavy (non-hydrogen) atoms. The molecule has 1 aliphatic heterocycles. The average Bonchev–Trinajstić information content (AvgIpc) is 3.72. The summed E-state index contributed by atoms with van der Waals surface area (Å²) in [4.78, 5) is 21.6. The highest BCUT2D eigenvalue weighted by molar-refractivity contribution is 5.94. The Kier molecular flexibility index (Phi) is 4.71. The van der Waals surface area contributed by atoms with Gasteiger partial charge < -0.3 is 15.5 Å². The first kappa shape index (κ1) is 18.9. The minimum Gasteiger partial charge on any atom is -0.367 e. The Morgan fingerprint density at radius 3 is 2.71 bits per heavy atom. The molecule has 1 saturated heterocycles. The van der Waals surface area contributed by atoms with Crippen molar-refractivity contribution in [2.24, 2.45) is 5.92 Å². The average molecular weight is 416 g/mol. The van der Waals surface area contributed by atoms with Crippen molar-refractivity contribution in [3.05, 3.63) is 36.3 Å². The highest BCUT2D eigenvalue weighted by Crippen LogP contribution is 2.44.